The predicted molar refractivity (Wildman–Crippen MR) is 53.2 cm³/mol. The van der Waals surface area contributed by atoms with Crippen LogP contribution in [0.4, 0.5) is 4.39 Å². The van der Waals surface area contributed by atoms with Crippen molar-refractivity contribution in [1.82, 2.24) is 5.32 Å². The molecule has 1 aromatic carbocycles. The van der Waals surface area contributed by atoms with Crippen LogP contribution in [0.25, 0.3) is 0 Å². The van der Waals surface area contributed by atoms with Crippen LogP contribution in [0.3, 0.4) is 0 Å². The molecule has 3 heteroatoms. The van der Waals surface area contributed by atoms with Crippen LogP contribution in [0.15, 0.2) is 18.2 Å². The van der Waals surface area contributed by atoms with Gasteiger partial charge in [-0.05, 0) is 25.6 Å². The molecule has 0 radical (unpaired) electrons. The van der Waals surface area contributed by atoms with Gasteiger partial charge in [-0.1, -0.05) is 13.0 Å². The van der Waals surface area contributed by atoms with E-state index in [0.29, 0.717) is 11.1 Å². The number of benzene rings is 1. The van der Waals surface area contributed by atoms with Gasteiger partial charge in [0, 0.05) is 11.6 Å². The normalized spacial score (nSPS) is 12.1. The molecule has 0 aliphatic rings. The maximum atomic E-state index is 13.4. The standard InChI is InChI=1S/C11H13FN2/c1-3-14-8(2)10-5-4-9(7-13)6-11(10)12/h4-6,8,14H,3H2,1-2H3. The second-order valence-electron chi connectivity index (χ2n) is 3.13. The molecule has 1 atom stereocenters. The average molecular weight is 192 g/mol. The quantitative estimate of drug-likeness (QED) is 0.798. The van der Waals surface area contributed by atoms with Crippen LogP contribution in [0, 0.1) is 17.1 Å². The fourth-order valence-corrected chi connectivity index (χ4v) is 1.36. The number of nitrogens with zero attached hydrogens (tertiary/aromatic N) is 1. The minimum atomic E-state index is -0.322. The lowest BCUT2D eigenvalue weighted by atomic mass is 10.1. The lowest BCUT2D eigenvalue weighted by molar-refractivity contribution is 0.540. The first-order valence-electron chi connectivity index (χ1n) is 4.62. The summed E-state index contributed by atoms with van der Waals surface area (Å²) in [6, 6.07) is 6.44. The van der Waals surface area contributed by atoms with Crippen molar-refractivity contribution in [3.8, 4) is 6.07 Å². The molecule has 0 saturated heterocycles. The topological polar surface area (TPSA) is 35.8 Å². The molecule has 0 fully saturated rings. The first-order chi connectivity index (χ1) is 6.69. The molecule has 0 aliphatic carbocycles. The van der Waals surface area contributed by atoms with Crippen LogP contribution in [-0.2, 0) is 0 Å². The minimum absolute atomic E-state index is 0.0206. The van der Waals surface area contributed by atoms with E-state index in [0.717, 1.165) is 6.54 Å². The predicted octanol–water partition coefficient (Wildman–Crippen LogP) is 2.37. The van der Waals surface area contributed by atoms with E-state index in [2.05, 4.69) is 5.32 Å². The Kier molecular flexibility index (Phi) is 3.61. The van der Waals surface area contributed by atoms with E-state index in [1.807, 2.05) is 19.9 Å². The molecule has 0 aromatic heterocycles. The van der Waals surface area contributed by atoms with Crippen molar-refractivity contribution in [3.05, 3.63) is 35.1 Å². The van der Waals surface area contributed by atoms with Gasteiger partial charge in [-0.2, -0.15) is 5.26 Å². The Balaban J connectivity index is 2.95. The summed E-state index contributed by atoms with van der Waals surface area (Å²) in [5.41, 5.74) is 0.959. The number of rotatable bonds is 3. The van der Waals surface area contributed by atoms with Gasteiger partial charge in [0.1, 0.15) is 5.82 Å². The summed E-state index contributed by atoms with van der Waals surface area (Å²) in [6.07, 6.45) is 0. The van der Waals surface area contributed by atoms with E-state index >= 15 is 0 Å². The van der Waals surface area contributed by atoms with Crippen LogP contribution in [0.1, 0.15) is 31.0 Å². The highest BCUT2D eigenvalue weighted by Crippen LogP contribution is 2.17. The lowest BCUT2D eigenvalue weighted by Crippen LogP contribution is -2.18. The van der Waals surface area contributed by atoms with Gasteiger partial charge in [-0.15, -0.1) is 0 Å². The fourth-order valence-electron chi connectivity index (χ4n) is 1.36. The maximum absolute atomic E-state index is 13.4. The van der Waals surface area contributed by atoms with E-state index in [-0.39, 0.29) is 11.9 Å². The summed E-state index contributed by atoms with van der Waals surface area (Å²) < 4.78 is 13.4. The van der Waals surface area contributed by atoms with Crippen LogP contribution >= 0.6 is 0 Å². The molecule has 1 unspecified atom stereocenters. The van der Waals surface area contributed by atoms with Gasteiger partial charge in [-0.3, -0.25) is 0 Å². The van der Waals surface area contributed by atoms with Crippen LogP contribution in [-0.4, -0.2) is 6.54 Å². The van der Waals surface area contributed by atoms with Gasteiger partial charge in [0.2, 0.25) is 0 Å². The molecule has 0 bridgehead atoms. The van der Waals surface area contributed by atoms with Crippen molar-refractivity contribution >= 4 is 0 Å². The first-order valence-corrected chi connectivity index (χ1v) is 4.62. The largest absolute Gasteiger partial charge is 0.310 e. The SMILES string of the molecule is CCNC(C)c1ccc(C#N)cc1F. The van der Waals surface area contributed by atoms with Gasteiger partial charge in [0.25, 0.3) is 0 Å². The summed E-state index contributed by atoms with van der Waals surface area (Å²) in [7, 11) is 0. The second-order valence-corrected chi connectivity index (χ2v) is 3.13. The maximum Gasteiger partial charge on any atom is 0.129 e. The molecule has 2 nitrogen and oxygen atoms in total. The Morgan fingerprint density at radius 3 is 2.79 bits per heavy atom. The molecule has 1 aromatic rings. The third-order valence-electron chi connectivity index (χ3n) is 2.11. The molecule has 0 aliphatic heterocycles. The summed E-state index contributed by atoms with van der Waals surface area (Å²) in [5.74, 6) is -0.322. The van der Waals surface area contributed by atoms with Gasteiger partial charge < -0.3 is 5.32 Å². The first kappa shape index (κ1) is 10.7. The molecule has 0 heterocycles. The number of nitriles is 1. The van der Waals surface area contributed by atoms with Crippen LogP contribution < -0.4 is 5.32 Å². The molecule has 0 spiro atoms. The summed E-state index contributed by atoms with van der Waals surface area (Å²) in [6.45, 7) is 4.66. The van der Waals surface area contributed by atoms with E-state index in [4.69, 9.17) is 5.26 Å². The Hall–Kier alpha value is -1.40. The monoisotopic (exact) mass is 192 g/mol. The molecule has 0 saturated carbocycles. The molecular weight excluding hydrogens is 179 g/mol. The van der Waals surface area contributed by atoms with E-state index in [9.17, 15) is 4.39 Å². The van der Waals surface area contributed by atoms with Crippen LogP contribution in [0.5, 0.6) is 0 Å². The second kappa shape index (κ2) is 4.73. The zero-order valence-corrected chi connectivity index (χ0v) is 8.34. The van der Waals surface area contributed by atoms with E-state index in [1.165, 1.54) is 6.07 Å². The molecule has 1 N–H and O–H groups in total. The molecule has 14 heavy (non-hydrogen) atoms. The number of hydrogen-bond acceptors (Lipinski definition) is 2. The number of nitrogens with one attached hydrogen (secondary N) is 1. The van der Waals surface area contributed by atoms with Crippen molar-refractivity contribution in [2.75, 3.05) is 6.54 Å². The van der Waals surface area contributed by atoms with Crippen molar-refractivity contribution < 1.29 is 4.39 Å². The molecule has 0 amide bonds. The summed E-state index contributed by atoms with van der Waals surface area (Å²) in [5, 5.41) is 11.7. The Labute approximate surface area is 83.4 Å². The van der Waals surface area contributed by atoms with Crippen LogP contribution in [0.2, 0.25) is 0 Å². The smallest absolute Gasteiger partial charge is 0.129 e. The highest BCUT2D eigenvalue weighted by atomic mass is 19.1. The lowest BCUT2D eigenvalue weighted by Gasteiger charge is -2.13. The Morgan fingerprint density at radius 2 is 2.29 bits per heavy atom. The highest BCUT2D eigenvalue weighted by Gasteiger charge is 2.09. The van der Waals surface area contributed by atoms with E-state index < -0.39 is 0 Å². The molecule has 74 valence electrons. The zero-order chi connectivity index (χ0) is 10.6. The molecular formula is C11H13FN2. The third kappa shape index (κ3) is 2.30. The highest BCUT2D eigenvalue weighted by molar-refractivity contribution is 5.33. The molecule has 1 rings (SSSR count). The van der Waals surface area contributed by atoms with Gasteiger partial charge >= 0.3 is 0 Å². The summed E-state index contributed by atoms with van der Waals surface area (Å²) in [4.78, 5) is 0. The number of halogens is 1. The fraction of sp³-hybridized carbons (Fsp3) is 0.364. The Morgan fingerprint density at radius 1 is 1.57 bits per heavy atom. The average Bonchev–Trinajstić information content (AvgIpc) is 2.17. The van der Waals surface area contributed by atoms with Gasteiger partial charge in [0.05, 0.1) is 11.6 Å². The third-order valence-corrected chi connectivity index (χ3v) is 2.11. The van der Waals surface area contributed by atoms with E-state index in [1.54, 1.807) is 12.1 Å². The number of hydrogen-bond donors (Lipinski definition) is 1. The zero-order valence-electron chi connectivity index (χ0n) is 8.34. The summed E-state index contributed by atoms with van der Waals surface area (Å²) >= 11 is 0. The van der Waals surface area contributed by atoms with Gasteiger partial charge in [0.15, 0.2) is 0 Å². The minimum Gasteiger partial charge on any atom is -0.310 e. The van der Waals surface area contributed by atoms with Crippen molar-refractivity contribution in [1.29, 1.82) is 5.26 Å². The Bertz CT molecular complexity index is 355. The van der Waals surface area contributed by atoms with Gasteiger partial charge in [-0.25, -0.2) is 4.39 Å². The van der Waals surface area contributed by atoms with Crippen molar-refractivity contribution in [3.63, 3.8) is 0 Å². The van der Waals surface area contributed by atoms with Crippen molar-refractivity contribution in [2.24, 2.45) is 0 Å². The van der Waals surface area contributed by atoms with Crippen molar-refractivity contribution in [2.45, 2.75) is 19.9 Å².